The molecule has 0 saturated carbocycles. The van der Waals surface area contributed by atoms with Crippen molar-refractivity contribution in [3.63, 3.8) is 0 Å². The van der Waals surface area contributed by atoms with E-state index in [-0.39, 0.29) is 12.5 Å². The Morgan fingerprint density at radius 2 is 2.07 bits per heavy atom. The Bertz CT molecular complexity index is 201. The van der Waals surface area contributed by atoms with E-state index in [1.807, 2.05) is 18.9 Å². The lowest BCUT2D eigenvalue weighted by molar-refractivity contribution is -0.137. The minimum atomic E-state index is 0.103. The Kier molecular flexibility index (Phi) is 5.05. The maximum absolute atomic E-state index is 11.7. The molecule has 0 radical (unpaired) electrons. The maximum Gasteiger partial charge on any atom is 0.248 e. The van der Waals surface area contributed by atoms with Gasteiger partial charge in [-0.2, -0.15) is 0 Å². The van der Waals surface area contributed by atoms with Gasteiger partial charge in [0.25, 0.3) is 0 Å². The third-order valence-corrected chi connectivity index (χ3v) is 3.06. The van der Waals surface area contributed by atoms with Gasteiger partial charge in [0, 0.05) is 19.7 Å². The summed E-state index contributed by atoms with van der Waals surface area (Å²) < 4.78 is 5.13. The molecule has 4 heteroatoms. The number of nitrogens with zero attached hydrogens (tertiary/aromatic N) is 2. The monoisotopic (exact) mass is 214 g/mol. The Morgan fingerprint density at radius 3 is 2.60 bits per heavy atom. The van der Waals surface area contributed by atoms with Crippen LogP contribution in [0, 0.1) is 0 Å². The van der Waals surface area contributed by atoms with Crippen LogP contribution in [0.4, 0.5) is 0 Å². The molecule has 1 saturated heterocycles. The highest BCUT2D eigenvalue weighted by Gasteiger charge is 2.23. The number of carbonyl (C=O) groups excluding carboxylic acids is 1. The van der Waals surface area contributed by atoms with E-state index in [1.54, 1.807) is 0 Å². The first-order valence-corrected chi connectivity index (χ1v) is 5.67. The van der Waals surface area contributed by atoms with Crippen LogP contribution in [0.1, 0.15) is 19.8 Å². The largest absolute Gasteiger partial charge is 0.372 e. The Morgan fingerprint density at radius 1 is 1.47 bits per heavy atom. The number of rotatable bonds is 4. The number of hydrogen-bond acceptors (Lipinski definition) is 3. The molecule has 0 N–H and O–H groups in total. The van der Waals surface area contributed by atoms with E-state index < -0.39 is 0 Å². The smallest absolute Gasteiger partial charge is 0.248 e. The van der Waals surface area contributed by atoms with Crippen LogP contribution in [0.15, 0.2) is 0 Å². The second-order valence-corrected chi connectivity index (χ2v) is 4.18. The fourth-order valence-corrected chi connectivity index (χ4v) is 1.88. The molecule has 0 aromatic heterocycles. The highest BCUT2D eigenvalue weighted by Crippen LogP contribution is 2.14. The van der Waals surface area contributed by atoms with Gasteiger partial charge in [-0.05, 0) is 39.9 Å². The standard InChI is InChI=1S/C11H22N2O2/c1-4-15-9-11(14)13(3)10-5-7-12(2)8-6-10/h10H,4-9H2,1-3H3. The second-order valence-electron chi connectivity index (χ2n) is 4.18. The summed E-state index contributed by atoms with van der Waals surface area (Å²) in [7, 11) is 4.01. The molecule has 0 bridgehead atoms. The predicted molar refractivity (Wildman–Crippen MR) is 59.8 cm³/mol. The second kappa shape index (κ2) is 6.08. The number of hydrogen-bond donors (Lipinski definition) is 0. The summed E-state index contributed by atoms with van der Waals surface area (Å²) >= 11 is 0. The average Bonchev–Trinajstić information content (AvgIpc) is 2.26. The zero-order valence-electron chi connectivity index (χ0n) is 10.0. The normalized spacial score (nSPS) is 19.1. The minimum absolute atomic E-state index is 0.103. The van der Waals surface area contributed by atoms with Gasteiger partial charge in [0.05, 0.1) is 0 Å². The topological polar surface area (TPSA) is 32.8 Å². The van der Waals surface area contributed by atoms with Crippen molar-refractivity contribution in [3.8, 4) is 0 Å². The van der Waals surface area contributed by atoms with Crippen LogP contribution in [0.2, 0.25) is 0 Å². The molecule has 1 aliphatic heterocycles. The molecule has 0 spiro atoms. The molecule has 15 heavy (non-hydrogen) atoms. The molecule has 1 aliphatic rings. The number of amides is 1. The molecule has 88 valence electrons. The molecule has 4 nitrogen and oxygen atoms in total. The van der Waals surface area contributed by atoms with Crippen LogP contribution in [0.25, 0.3) is 0 Å². The summed E-state index contributed by atoms with van der Waals surface area (Å²) in [5, 5.41) is 0. The summed E-state index contributed by atoms with van der Waals surface area (Å²) in [6, 6.07) is 0.397. The van der Waals surface area contributed by atoms with Crippen molar-refractivity contribution in [1.82, 2.24) is 9.80 Å². The first-order chi connectivity index (χ1) is 7.15. The van der Waals surface area contributed by atoms with Gasteiger partial charge in [-0.15, -0.1) is 0 Å². The van der Waals surface area contributed by atoms with Crippen LogP contribution in [-0.2, 0) is 9.53 Å². The summed E-state index contributed by atoms with van der Waals surface area (Å²) in [6.07, 6.45) is 2.15. The highest BCUT2D eigenvalue weighted by atomic mass is 16.5. The Labute approximate surface area is 92.2 Å². The van der Waals surface area contributed by atoms with Crippen molar-refractivity contribution in [2.45, 2.75) is 25.8 Å². The van der Waals surface area contributed by atoms with Crippen LogP contribution >= 0.6 is 0 Å². The van der Waals surface area contributed by atoms with Gasteiger partial charge >= 0.3 is 0 Å². The maximum atomic E-state index is 11.7. The molecule has 0 aliphatic carbocycles. The number of likely N-dealkylation sites (N-methyl/N-ethyl adjacent to an activating group) is 1. The first-order valence-electron chi connectivity index (χ1n) is 5.67. The summed E-state index contributed by atoms with van der Waals surface area (Å²) in [5.41, 5.74) is 0. The lowest BCUT2D eigenvalue weighted by Gasteiger charge is -2.35. The molecule has 1 amide bonds. The van der Waals surface area contributed by atoms with Crippen molar-refractivity contribution >= 4 is 5.91 Å². The Balaban J connectivity index is 2.32. The quantitative estimate of drug-likeness (QED) is 0.686. The molecule has 1 rings (SSSR count). The summed E-state index contributed by atoms with van der Waals surface area (Å²) in [6.45, 7) is 4.89. The summed E-state index contributed by atoms with van der Waals surface area (Å²) in [5.74, 6) is 0.103. The molecular weight excluding hydrogens is 192 g/mol. The lowest BCUT2D eigenvalue weighted by atomic mass is 10.0. The highest BCUT2D eigenvalue weighted by molar-refractivity contribution is 5.77. The van der Waals surface area contributed by atoms with Gasteiger partial charge in [0.15, 0.2) is 0 Å². The van der Waals surface area contributed by atoms with Gasteiger partial charge in [0.2, 0.25) is 5.91 Å². The number of ether oxygens (including phenoxy) is 1. The molecule has 0 atom stereocenters. The van der Waals surface area contributed by atoms with E-state index in [0.717, 1.165) is 25.9 Å². The van der Waals surface area contributed by atoms with Gasteiger partial charge in [0.1, 0.15) is 6.61 Å². The van der Waals surface area contributed by atoms with Crippen molar-refractivity contribution in [2.75, 3.05) is 40.4 Å². The molecule has 0 aromatic rings. The summed E-state index contributed by atoms with van der Waals surface area (Å²) in [4.78, 5) is 15.8. The van der Waals surface area contributed by atoms with Gasteiger partial charge in [-0.25, -0.2) is 0 Å². The average molecular weight is 214 g/mol. The van der Waals surface area contributed by atoms with E-state index in [4.69, 9.17) is 4.74 Å². The third kappa shape index (κ3) is 3.80. The van der Waals surface area contributed by atoms with Gasteiger partial charge in [-0.3, -0.25) is 4.79 Å². The molecule has 0 unspecified atom stereocenters. The molecule has 1 heterocycles. The van der Waals surface area contributed by atoms with Crippen LogP contribution in [-0.4, -0.2) is 62.1 Å². The van der Waals surface area contributed by atoms with Crippen LogP contribution < -0.4 is 0 Å². The molecule has 0 aromatic carbocycles. The number of likely N-dealkylation sites (tertiary alicyclic amines) is 1. The minimum Gasteiger partial charge on any atom is -0.372 e. The number of piperidine rings is 1. The zero-order valence-corrected chi connectivity index (χ0v) is 10.0. The van der Waals surface area contributed by atoms with Crippen molar-refractivity contribution in [1.29, 1.82) is 0 Å². The fourth-order valence-electron chi connectivity index (χ4n) is 1.88. The fraction of sp³-hybridized carbons (Fsp3) is 0.909. The van der Waals surface area contributed by atoms with E-state index >= 15 is 0 Å². The van der Waals surface area contributed by atoms with Crippen molar-refractivity contribution in [3.05, 3.63) is 0 Å². The first kappa shape index (κ1) is 12.5. The van der Waals surface area contributed by atoms with Crippen molar-refractivity contribution in [2.24, 2.45) is 0 Å². The van der Waals surface area contributed by atoms with Crippen LogP contribution in [0.5, 0.6) is 0 Å². The van der Waals surface area contributed by atoms with E-state index in [0.29, 0.717) is 12.6 Å². The van der Waals surface area contributed by atoms with Gasteiger partial charge < -0.3 is 14.5 Å². The van der Waals surface area contributed by atoms with Gasteiger partial charge in [-0.1, -0.05) is 0 Å². The predicted octanol–water partition coefficient (Wildman–Crippen LogP) is 0.575. The van der Waals surface area contributed by atoms with Crippen molar-refractivity contribution < 1.29 is 9.53 Å². The SMILES string of the molecule is CCOCC(=O)N(C)C1CCN(C)CC1. The Hall–Kier alpha value is -0.610. The van der Waals surface area contributed by atoms with E-state index in [9.17, 15) is 4.79 Å². The molecular formula is C11H22N2O2. The van der Waals surface area contributed by atoms with E-state index in [1.165, 1.54) is 0 Å². The lowest BCUT2D eigenvalue weighted by Crippen LogP contribution is -2.45. The van der Waals surface area contributed by atoms with E-state index in [2.05, 4.69) is 11.9 Å². The number of carbonyl (C=O) groups is 1. The molecule has 1 fully saturated rings. The third-order valence-electron chi connectivity index (χ3n) is 3.06. The zero-order chi connectivity index (χ0) is 11.3. The van der Waals surface area contributed by atoms with Crippen LogP contribution in [0.3, 0.4) is 0 Å².